The number of hydrogen-bond donors (Lipinski definition) is 2. The molecule has 1 aromatic carbocycles. The van der Waals surface area contributed by atoms with Gasteiger partial charge >= 0.3 is 0 Å². The molecular formula is C12H12BrClN2O2S2. The Hall–Kier alpha value is -0.600. The highest BCUT2D eigenvalue weighted by molar-refractivity contribution is 9.10. The number of sulfonamides is 1. The molecule has 2 aromatic rings. The van der Waals surface area contributed by atoms with Crippen LogP contribution in [0.1, 0.15) is 4.88 Å². The van der Waals surface area contributed by atoms with Crippen molar-refractivity contribution in [1.82, 2.24) is 5.32 Å². The van der Waals surface area contributed by atoms with E-state index in [2.05, 4.69) is 26.0 Å². The van der Waals surface area contributed by atoms with Crippen molar-refractivity contribution in [2.75, 3.05) is 11.8 Å². The van der Waals surface area contributed by atoms with Crippen LogP contribution in [0.4, 0.5) is 5.69 Å². The Labute approximate surface area is 135 Å². The van der Waals surface area contributed by atoms with Gasteiger partial charge in [-0.2, -0.15) is 0 Å². The first-order valence-electron chi connectivity index (χ1n) is 5.63. The average molecular weight is 396 g/mol. The van der Waals surface area contributed by atoms with Crippen LogP contribution in [0, 0.1) is 0 Å². The van der Waals surface area contributed by atoms with Gasteiger partial charge in [0, 0.05) is 20.9 Å². The quantitative estimate of drug-likeness (QED) is 0.812. The monoisotopic (exact) mass is 394 g/mol. The summed E-state index contributed by atoms with van der Waals surface area (Å²) < 4.78 is 28.0. The molecule has 0 unspecified atom stereocenters. The molecule has 0 amide bonds. The summed E-state index contributed by atoms with van der Waals surface area (Å²) in [6.07, 6.45) is 0. The number of anilines is 1. The Kier molecular flexibility index (Phi) is 5.09. The Balaban J connectivity index is 2.28. The second-order valence-corrected chi connectivity index (χ2v) is 8.35. The van der Waals surface area contributed by atoms with E-state index in [4.69, 9.17) is 11.6 Å². The fourth-order valence-electron chi connectivity index (χ4n) is 1.54. The van der Waals surface area contributed by atoms with Crippen molar-refractivity contribution in [2.24, 2.45) is 0 Å². The Morgan fingerprint density at radius 2 is 2.05 bits per heavy atom. The minimum atomic E-state index is -3.60. The number of benzene rings is 1. The van der Waals surface area contributed by atoms with Gasteiger partial charge in [0.05, 0.1) is 5.69 Å². The standard InChI is InChI=1S/C12H12BrClN2O2S2/c1-15-7-9-3-5-12(19-9)20(17,18)16-11-6-8(14)2-4-10(11)13/h2-6,15-16H,7H2,1H3. The minimum absolute atomic E-state index is 0.273. The maximum atomic E-state index is 12.3. The van der Waals surface area contributed by atoms with Gasteiger partial charge in [-0.05, 0) is 53.3 Å². The van der Waals surface area contributed by atoms with Gasteiger partial charge in [0.25, 0.3) is 10.0 Å². The molecular weight excluding hydrogens is 384 g/mol. The highest BCUT2D eigenvalue weighted by atomic mass is 79.9. The molecule has 0 atom stereocenters. The van der Waals surface area contributed by atoms with E-state index in [1.54, 1.807) is 30.3 Å². The van der Waals surface area contributed by atoms with Crippen molar-refractivity contribution in [3.8, 4) is 0 Å². The van der Waals surface area contributed by atoms with E-state index in [0.29, 0.717) is 21.7 Å². The highest BCUT2D eigenvalue weighted by Crippen LogP contribution is 2.30. The lowest BCUT2D eigenvalue weighted by molar-refractivity contribution is 0.603. The van der Waals surface area contributed by atoms with Crippen LogP contribution in [0.5, 0.6) is 0 Å². The molecule has 2 N–H and O–H groups in total. The zero-order valence-electron chi connectivity index (χ0n) is 10.5. The third-order valence-corrected chi connectivity index (χ3v) is 6.29. The van der Waals surface area contributed by atoms with E-state index in [0.717, 1.165) is 4.88 Å². The summed E-state index contributed by atoms with van der Waals surface area (Å²) in [4.78, 5) is 0.957. The van der Waals surface area contributed by atoms with E-state index < -0.39 is 10.0 Å². The third kappa shape index (κ3) is 3.73. The normalized spacial score (nSPS) is 11.6. The summed E-state index contributed by atoms with van der Waals surface area (Å²) in [7, 11) is -1.78. The molecule has 8 heteroatoms. The molecule has 4 nitrogen and oxygen atoms in total. The molecule has 0 saturated carbocycles. The molecule has 2 rings (SSSR count). The zero-order chi connectivity index (χ0) is 14.8. The van der Waals surface area contributed by atoms with E-state index in [1.165, 1.54) is 11.3 Å². The molecule has 0 aliphatic rings. The van der Waals surface area contributed by atoms with Crippen LogP contribution in [-0.2, 0) is 16.6 Å². The van der Waals surface area contributed by atoms with Crippen molar-refractivity contribution in [3.05, 3.63) is 44.7 Å². The summed E-state index contributed by atoms with van der Waals surface area (Å²) in [5.74, 6) is 0. The molecule has 108 valence electrons. The molecule has 0 radical (unpaired) electrons. The van der Waals surface area contributed by atoms with Gasteiger partial charge in [-0.3, -0.25) is 4.72 Å². The van der Waals surface area contributed by atoms with Crippen LogP contribution in [0.15, 0.2) is 39.0 Å². The largest absolute Gasteiger partial charge is 0.315 e. The topological polar surface area (TPSA) is 58.2 Å². The van der Waals surface area contributed by atoms with E-state index >= 15 is 0 Å². The van der Waals surface area contributed by atoms with E-state index in [-0.39, 0.29) is 4.21 Å². The summed E-state index contributed by atoms with van der Waals surface area (Å²) in [6, 6.07) is 8.33. The van der Waals surface area contributed by atoms with Gasteiger partial charge in [-0.15, -0.1) is 11.3 Å². The molecule has 0 saturated heterocycles. The van der Waals surface area contributed by atoms with Crippen LogP contribution in [0.25, 0.3) is 0 Å². The van der Waals surface area contributed by atoms with Crippen LogP contribution in [0.2, 0.25) is 5.02 Å². The summed E-state index contributed by atoms with van der Waals surface area (Å²) in [5, 5.41) is 3.45. The maximum absolute atomic E-state index is 12.3. The first kappa shape index (κ1) is 15.8. The Morgan fingerprint density at radius 3 is 2.75 bits per heavy atom. The van der Waals surface area contributed by atoms with Crippen molar-refractivity contribution >= 4 is 54.6 Å². The lowest BCUT2D eigenvalue weighted by Gasteiger charge is -2.08. The molecule has 0 aliphatic heterocycles. The van der Waals surface area contributed by atoms with Gasteiger partial charge in [0.15, 0.2) is 0 Å². The molecule has 0 fully saturated rings. The molecule has 1 aromatic heterocycles. The lowest BCUT2D eigenvalue weighted by Crippen LogP contribution is -2.11. The number of nitrogens with one attached hydrogen (secondary N) is 2. The number of halogens is 2. The maximum Gasteiger partial charge on any atom is 0.271 e. The zero-order valence-corrected chi connectivity index (χ0v) is 14.5. The highest BCUT2D eigenvalue weighted by Gasteiger charge is 2.18. The van der Waals surface area contributed by atoms with Crippen LogP contribution >= 0.6 is 38.9 Å². The Bertz CT molecular complexity index is 716. The molecule has 20 heavy (non-hydrogen) atoms. The molecule has 0 aliphatic carbocycles. The van der Waals surface area contributed by atoms with Crippen LogP contribution in [-0.4, -0.2) is 15.5 Å². The molecule has 1 heterocycles. The average Bonchev–Trinajstić information content (AvgIpc) is 2.83. The predicted molar refractivity (Wildman–Crippen MR) is 87.0 cm³/mol. The van der Waals surface area contributed by atoms with Crippen molar-refractivity contribution in [2.45, 2.75) is 10.8 Å². The van der Waals surface area contributed by atoms with E-state index in [1.807, 2.05) is 7.05 Å². The first-order chi connectivity index (χ1) is 9.42. The lowest BCUT2D eigenvalue weighted by atomic mass is 10.3. The molecule has 0 spiro atoms. The number of thiophene rings is 1. The van der Waals surface area contributed by atoms with Crippen LogP contribution < -0.4 is 10.0 Å². The van der Waals surface area contributed by atoms with Gasteiger partial charge < -0.3 is 5.32 Å². The first-order valence-corrected chi connectivity index (χ1v) is 9.10. The summed E-state index contributed by atoms with van der Waals surface area (Å²) >= 11 is 10.4. The SMILES string of the molecule is CNCc1ccc(S(=O)(=O)Nc2cc(Cl)ccc2Br)s1. The predicted octanol–water partition coefficient (Wildman–Crippen LogP) is 3.68. The Morgan fingerprint density at radius 1 is 1.30 bits per heavy atom. The smallest absolute Gasteiger partial charge is 0.271 e. The summed E-state index contributed by atoms with van der Waals surface area (Å²) in [6.45, 7) is 0.640. The van der Waals surface area contributed by atoms with Crippen molar-refractivity contribution in [1.29, 1.82) is 0 Å². The van der Waals surface area contributed by atoms with Crippen molar-refractivity contribution in [3.63, 3.8) is 0 Å². The second-order valence-electron chi connectivity index (χ2n) is 3.98. The third-order valence-electron chi connectivity index (χ3n) is 2.43. The molecule has 0 bridgehead atoms. The number of hydrogen-bond acceptors (Lipinski definition) is 4. The van der Waals surface area contributed by atoms with Crippen LogP contribution in [0.3, 0.4) is 0 Å². The van der Waals surface area contributed by atoms with Gasteiger partial charge in [-0.25, -0.2) is 8.42 Å². The number of rotatable bonds is 5. The summed E-state index contributed by atoms with van der Waals surface area (Å²) in [5.41, 5.74) is 0.418. The van der Waals surface area contributed by atoms with Gasteiger partial charge in [0.1, 0.15) is 4.21 Å². The van der Waals surface area contributed by atoms with Gasteiger partial charge in [0.2, 0.25) is 0 Å². The minimum Gasteiger partial charge on any atom is -0.315 e. The van der Waals surface area contributed by atoms with E-state index in [9.17, 15) is 8.42 Å². The fourth-order valence-corrected chi connectivity index (χ4v) is 4.63. The van der Waals surface area contributed by atoms with Gasteiger partial charge in [-0.1, -0.05) is 11.6 Å². The van der Waals surface area contributed by atoms with Crippen molar-refractivity contribution < 1.29 is 8.42 Å². The second kappa shape index (κ2) is 6.44. The fraction of sp³-hybridized carbons (Fsp3) is 0.167.